The van der Waals surface area contributed by atoms with Gasteiger partial charge in [-0.25, -0.2) is 4.57 Å². The minimum absolute atomic E-state index is 0. The third-order valence-corrected chi connectivity index (χ3v) is 0. The fourth-order valence-corrected chi connectivity index (χ4v) is 0. The van der Waals surface area contributed by atoms with Crippen molar-refractivity contribution in [2.75, 3.05) is 0 Å². The van der Waals surface area contributed by atoms with E-state index in [0.717, 1.165) is 0 Å². The molecule has 0 atom stereocenters. The Morgan fingerprint density at radius 1 is 1.10 bits per heavy atom. The quantitative estimate of drug-likeness (QED) is 0.286. The Labute approximate surface area is 82.0 Å². The second-order valence-corrected chi connectivity index (χ2v) is 1.83. The summed E-state index contributed by atoms with van der Waals surface area (Å²) in [6.45, 7) is 0. The first-order valence-corrected chi connectivity index (χ1v) is 3.05. The van der Waals surface area contributed by atoms with Gasteiger partial charge < -0.3 is 29.8 Å². The van der Waals surface area contributed by atoms with Crippen LogP contribution in [0.4, 0.5) is 0 Å². The summed E-state index contributed by atoms with van der Waals surface area (Å²) in [5, 5.41) is 25.2. The number of hydrogen-bond donors (Lipinski definition) is 3. The van der Waals surface area contributed by atoms with Crippen LogP contribution in [0.25, 0.3) is 0 Å². The summed E-state index contributed by atoms with van der Waals surface area (Å²) in [5.74, 6) is 0. The maximum Gasteiger partial charge on any atom is 3.00 e. The molecule has 10 heteroatoms. The maximum absolute atomic E-state index is 8.88. The van der Waals surface area contributed by atoms with Crippen molar-refractivity contribution in [1.29, 1.82) is 0 Å². The molecule has 0 rings (SSSR count). The zero-order valence-corrected chi connectivity index (χ0v) is 8.31. The van der Waals surface area contributed by atoms with Crippen molar-refractivity contribution in [3.63, 3.8) is 0 Å². The second-order valence-electron chi connectivity index (χ2n) is 0.802. The largest absolute Gasteiger partial charge is 3.00 e. The number of phosphoric acid groups is 1. The summed E-state index contributed by atoms with van der Waals surface area (Å²) >= 11 is 0. The molecular weight excluding hydrogens is 243 g/mol. The van der Waals surface area contributed by atoms with Gasteiger partial charge in [0.25, 0.3) is 0 Å². The summed E-state index contributed by atoms with van der Waals surface area (Å²) in [4.78, 5) is 21.6. The van der Waals surface area contributed by atoms with E-state index in [0.29, 0.717) is 0 Å². The molecule has 10 heavy (non-hydrogen) atoms. The van der Waals surface area contributed by atoms with E-state index in [1.165, 1.54) is 0 Å². The smallest absolute Gasteiger partial charge is 0.907 e. The Kier molecular flexibility index (Phi) is 14.3. The van der Waals surface area contributed by atoms with Gasteiger partial charge in [0, 0.05) is 0 Å². The SMILES string of the molecule is O=P(O)(O)O.[O-]B([O-])[O-].[Y+3]. The Morgan fingerprint density at radius 3 is 1.10 bits per heavy atom. The van der Waals surface area contributed by atoms with Gasteiger partial charge in [-0.2, -0.15) is 0 Å². The summed E-state index contributed by atoms with van der Waals surface area (Å²) in [6, 6.07) is 0. The van der Waals surface area contributed by atoms with Gasteiger partial charge in [-0.15, -0.1) is 0 Å². The Bertz CT molecular complexity index is 84.8. The van der Waals surface area contributed by atoms with Crippen LogP contribution < -0.4 is 15.1 Å². The van der Waals surface area contributed by atoms with Gasteiger partial charge >= 0.3 is 40.5 Å². The minimum Gasteiger partial charge on any atom is -0.907 e. The molecule has 3 N–H and O–H groups in total. The molecule has 0 aliphatic heterocycles. The molecule has 0 spiro atoms. The van der Waals surface area contributed by atoms with Crippen LogP contribution >= 0.6 is 7.82 Å². The van der Waals surface area contributed by atoms with Crippen molar-refractivity contribution in [2.24, 2.45) is 0 Å². The standard InChI is InChI=1S/BO3.H3O4P.Y/c2-1(3)4;1-5(2,3)4;/h;(H3,1,2,3,4);/q-3;;+3. The molecule has 0 aromatic rings. The molecule has 0 aliphatic carbocycles. The van der Waals surface area contributed by atoms with E-state index in [9.17, 15) is 0 Å². The molecule has 0 saturated heterocycles. The zero-order valence-electron chi connectivity index (χ0n) is 4.58. The van der Waals surface area contributed by atoms with Crippen LogP contribution in [-0.2, 0) is 37.3 Å². The van der Waals surface area contributed by atoms with Crippen LogP contribution in [0.15, 0.2) is 0 Å². The van der Waals surface area contributed by atoms with E-state index in [1.54, 1.807) is 0 Å². The first-order valence-electron chi connectivity index (χ1n) is 1.49. The third kappa shape index (κ3) is 454. The van der Waals surface area contributed by atoms with Crippen molar-refractivity contribution >= 4 is 15.1 Å². The molecule has 0 bridgehead atoms. The first-order chi connectivity index (χ1) is 3.73. The minimum atomic E-state index is -4.64. The Hall–Kier alpha value is 1.16. The van der Waals surface area contributed by atoms with Crippen LogP contribution in [-0.4, -0.2) is 22.0 Å². The van der Waals surface area contributed by atoms with Gasteiger partial charge in [-0.3, -0.25) is 7.32 Å². The average molecular weight is 246 g/mol. The van der Waals surface area contributed by atoms with E-state index in [1.807, 2.05) is 0 Å². The van der Waals surface area contributed by atoms with Gasteiger partial charge in [-0.05, 0) is 0 Å². The van der Waals surface area contributed by atoms with E-state index >= 15 is 0 Å². The van der Waals surface area contributed by atoms with E-state index in [4.69, 9.17) is 34.3 Å². The number of hydrogen-bond acceptors (Lipinski definition) is 4. The summed E-state index contributed by atoms with van der Waals surface area (Å²) in [6.07, 6.45) is 0. The molecule has 0 unspecified atom stereocenters. The van der Waals surface area contributed by atoms with Crippen molar-refractivity contribution in [3.8, 4) is 0 Å². The van der Waals surface area contributed by atoms with Crippen molar-refractivity contribution in [2.45, 2.75) is 0 Å². The van der Waals surface area contributed by atoms with Crippen LogP contribution in [0.3, 0.4) is 0 Å². The molecule has 0 aromatic heterocycles. The van der Waals surface area contributed by atoms with Gasteiger partial charge in [0.05, 0.1) is 0 Å². The van der Waals surface area contributed by atoms with Crippen molar-refractivity contribution in [3.05, 3.63) is 0 Å². The van der Waals surface area contributed by atoms with Crippen molar-refractivity contribution in [1.82, 2.24) is 0 Å². The second kappa shape index (κ2) is 8.26. The summed E-state index contributed by atoms with van der Waals surface area (Å²) in [5.41, 5.74) is 0. The Morgan fingerprint density at radius 2 is 1.10 bits per heavy atom. The van der Waals surface area contributed by atoms with Crippen LogP contribution in [0.1, 0.15) is 0 Å². The molecule has 0 fully saturated rings. The molecule has 7 nitrogen and oxygen atoms in total. The van der Waals surface area contributed by atoms with Gasteiger partial charge in [0.2, 0.25) is 0 Å². The Balaban J connectivity index is -0.0000000910. The van der Waals surface area contributed by atoms with Gasteiger partial charge in [-0.1, -0.05) is 0 Å². The van der Waals surface area contributed by atoms with Gasteiger partial charge in [0.15, 0.2) is 0 Å². The molecular formula is H3BO7PY. The third-order valence-electron chi connectivity index (χ3n) is 0. The zero-order chi connectivity index (χ0) is 8.08. The predicted molar refractivity (Wildman–Crippen MR) is 20.0 cm³/mol. The molecule has 0 amide bonds. The van der Waals surface area contributed by atoms with Gasteiger partial charge in [0.1, 0.15) is 0 Å². The average Bonchev–Trinajstić information content (AvgIpc) is 1.19. The summed E-state index contributed by atoms with van der Waals surface area (Å²) < 4.78 is 8.88. The monoisotopic (exact) mass is 246 g/mol. The fourth-order valence-electron chi connectivity index (χ4n) is 0. The molecule has 0 heterocycles. The van der Waals surface area contributed by atoms with E-state index < -0.39 is 15.1 Å². The predicted octanol–water partition coefficient (Wildman–Crippen LogP) is -4.88. The molecule has 0 aliphatic rings. The molecule has 0 radical (unpaired) electrons. The molecule has 0 aromatic carbocycles. The maximum atomic E-state index is 8.88. The van der Waals surface area contributed by atoms with Crippen LogP contribution in [0.5, 0.6) is 0 Å². The normalized spacial score (nSPS) is 8.60. The number of rotatable bonds is 0. The summed E-state index contributed by atoms with van der Waals surface area (Å²) in [7, 11) is -7.56. The van der Waals surface area contributed by atoms with Crippen LogP contribution in [0, 0.1) is 0 Å². The van der Waals surface area contributed by atoms with Crippen LogP contribution in [0.2, 0.25) is 0 Å². The fraction of sp³-hybridized carbons (Fsp3) is 0. The van der Waals surface area contributed by atoms with E-state index in [-0.39, 0.29) is 32.7 Å². The molecule has 56 valence electrons. The first kappa shape index (κ1) is 17.3. The van der Waals surface area contributed by atoms with Crippen molar-refractivity contribution < 1.29 is 67.0 Å². The molecule has 0 saturated carbocycles. The topological polar surface area (TPSA) is 147 Å². The van der Waals surface area contributed by atoms with E-state index in [2.05, 4.69) is 0 Å².